The Morgan fingerprint density at radius 2 is 1.87 bits per heavy atom. The van der Waals surface area contributed by atoms with Gasteiger partial charge in [0.15, 0.2) is 0 Å². The van der Waals surface area contributed by atoms with E-state index in [9.17, 15) is 9.90 Å². The number of hydrogen-bond donors (Lipinski definition) is 1. The van der Waals surface area contributed by atoms with Crippen LogP contribution in [0, 0.1) is 5.92 Å². The van der Waals surface area contributed by atoms with Crippen molar-refractivity contribution >= 4 is 0 Å². The minimum atomic E-state index is -0.0625. The topological polar surface area (TPSA) is 45.5 Å². The fourth-order valence-electron chi connectivity index (χ4n) is 4.18. The van der Waals surface area contributed by atoms with Crippen LogP contribution in [0.5, 0.6) is 0 Å². The predicted octanol–water partition coefficient (Wildman–Crippen LogP) is 1.96. The molecule has 2 bridgehead atoms. The van der Waals surface area contributed by atoms with E-state index >= 15 is 0 Å². The first-order chi connectivity index (χ1) is 11.2. The highest BCUT2D eigenvalue weighted by Crippen LogP contribution is 2.35. The van der Waals surface area contributed by atoms with Crippen molar-refractivity contribution in [1.82, 2.24) is 9.47 Å². The van der Waals surface area contributed by atoms with Crippen molar-refractivity contribution < 1.29 is 5.11 Å². The van der Waals surface area contributed by atoms with Gasteiger partial charge in [-0.25, -0.2) is 0 Å². The third-order valence-electron chi connectivity index (χ3n) is 5.12. The van der Waals surface area contributed by atoms with Crippen LogP contribution in [0.4, 0.5) is 0 Å². The summed E-state index contributed by atoms with van der Waals surface area (Å²) in [4.78, 5) is 14.8. The summed E-state index contributed by atoms with van der Waals surface area (Å²) in [5.41, 5.74) is 3.22. The van der Waals surface area contributed by atoms with E-state index in [1.54, 1.807) is 6.07 Å². The minimum absolute atomic E-state index is 0.0396. The van der Waals surface area contributed by atoms with Crippen LogP contribution < -0.4 is 5.56 Å². The molecule has 23 heavy (non-hydrogen) atoms. The fourth-order valence-corrected chi connectivity index (χ4v) is 4.18. The van der Waals surface area contributed by atoms with E-state index in [1.165, 1.54) is 5.56 Å². The number of rotatable bonds is 3. The number of fused-ring (bicyclic) bond motifs is 4. The van der Waals surface area contributed by atoms with Gasteiger partial charge < -0.3 is 9.67 Å². The van der Waals surface area contributed by atoms with Crippen molar-refractivity contribution in [3.05, 3.63) is 69.6 Å². The highest BCUT2D eigenvalue weighted by atomic mass is 16.3. The van der Waals surface area contributed by atoms with Crippen LogP contribution in [0.15, 0.2) is 47.3 Å². The SMILES string of the molecule is O=c1cc(CO)cc2n1CC1CC2CN(Cc2ccccc2)C1. The number of nitrogens with zero attached hydrogens (tertiary/aromatic N) is 2. The van der Waals surface area contributed by atoms with Crippen LogP contribution in [0.2, 0.25) is 0 Å². The summed E-state index contributed by atoms with van der Waals surface area (Å²) in [5.74, 6) is 0.938. The first-order valence-electron chi connectivity index (χ1n) is 8.33. The van der Waals surface area contributed by atoms with Gasteiger partial charge >= 0.3 is 0 Å². The molecule has 1 fully saturated rings. The lowest BCUT2D eigenvalue weighted by Crippen LogP contribution is -2.46. The van der Waals surface area contributed by atoms with Crippen LogP contribution in [-0.2, 0) is 19.7 Å². The molecule has 4 heteroatoms. The molecule has 0 spiro atoms. The number of aliphatic hydroxyl groups is 1. The van der Waals surface area contributed by atoms with Crippen molar-refractivity contribution in [3.8, 4) is 0 Å². The number of benzene rings is 1. The van der Waals surface area contributed by atoms with Gasteiger partial charge in [-0.2, -0.15) is 0 Å². The second kappa shape index (κ2) is 5.95. The van der Waals surface area contributed by atoms with Crippen molar-refractivity contribution in [2.75, 3.05) is 13.1 Å². The van der Waals surface area contributed by atoms with E-state index in [0.29, 0.717) is 11.8 Å². The van der Waals surface area contributed by atoms with Crippen LogP contribution >= 0.6 is 0 Å². The molecule has 0 saturated carbocycles. The Hall–Kier alpha value is -1.91. The van der Waals surface area contributed by atoms with Crippen LogP contribution in [0.25, 0.3) is 0 Å². The number of hydrogen-bond acceptors (Lipinski definition) is 3. The Morgan fingerprint density at radius 1 is 1.04 bits per heavy atom. The third kappa shape index (κ3) is 2.84. The fraction of sp³-hybridized carbons (Fsp3) is 0.421. The minimum Gasteiger partial charge on any atom is -0.392 e. The Morgan fingerprint density at radius 3 is 2.65 bits per heavy atom. The molecule has 120 valence electrons. The molecular formula is C19H22N2O2. The molecule has 3 heterocycles. The largest absolute Gasteiger partial charge is 0.392 e. The summed E-state index contributed by atoms with van der Waals surface area (Å²) in [7, 11) is 0. The number of likely N-dealkylation sites (tertiary alicyclic amines) is 1. The normalized spacial score (nSPS) is 23.5. The quantitative estimate of drug-likeness (QED) is 0.942. The van der Waals surface area contributed by atoms with Crippen LogP contribution in [0.1, 0.15) is 29.2 Å². The summed E-state index contributed by atoms with van der Waals surface area (Å²) in [6.45, 7) is 3.76. The lowest BCUT2D eigenvalue weighted by atomic mass is 9.82. The Labute approximate surface area is 136 Å². The summed E-state index contributed by atoms with van der Waals surface area (Å²) in [6.07, 6.45) is 1.15. The number of aliphatic hydroxyl groups excluding tert-OH is 1. The molecule has 4 nitrogen and oxygen atoms in total. The van der Waals surface area contributed by atoms with Crippen LogP contribution in [-0.4, -0.2) is 27.7 Å². The molecule has 2 aromatic rings. The molecule has 4 rings (SSSR count). The highest BCUT2D eigenvalue weighted by Gasteiger charge is 2.34. The number of pyridine rings is 1. The second-order valence-corrected chi connectivity index (χ2v) is 6.87. The van der Waals surface area contributed by atoms with Crippen molar-refractivity contribution in [2.24, 2.45) is 5.92 Å². The highest BCUT2D eigenvalue weighted by molar-refractivity contribution is 5.24. The van der Waals surface area contributed by atoms with E-state index < -0.39 is 0 Å². The molecule has 2 unspecified atom stereocenters. The third-order valence-corrected chi connectivity index (χ3v) is 5.12. The van der Waals surface area contributed by atoms with Gasteiger partial charge in [0, 0.05) is 43.9 Å². The molecule has 0 radical (unpaired) electrons. The van der Waals surface area contributed by atoms with E-state index in [0.717, 1.165) is 43.9 Å². The summed E-state index contributed by atoms with van der Waals surface area (Å²) < 4.78 is 1.93. The molecule has 1 aromatic heterocycles. The Bertz CT molecular complexity index is 754. The van der Waals surface area contributed by atoms with Gasteiger partial charge in [0.2, 0.25) is 0 Å². The maximum atomic E-state index is 12.3. The van der Waals surface area contributed by atoms with Crippen molar-refractivity contribution in [2.45, 2.75) is 32.0 Å². The average molecular weight is 310 g/mol. The van der Waals surface area contributed by atoms with E-state index in [-0.39, 0.29) is 12.2 Å². The van der Waals surface area contributed by atoms with Gasteiger partial charge in [-0.05, 0) is 29.5 Å². The number of aromatic nitrogens is 1. The zero-order valence-electron chi connectivity index (χ0n) is 13.2. The van der Waals surface area contributed by atoms with E-state index in [2.05, 4.69) is 29.2 Å². The average Bonchev–Trinajstić information content (AvgIpc) is 2.56. The molecule has 0 aliphatic carbocycles. The van der Waals surface area contributed by atoms with Gasteiger partial charge in [-0.15, -0.1) is 0 Å². The van der Waals surface area contributed by atoms with Crippen LogP contribution in [0.3, 0.4) is 0 Å². The van der Waals surface area contributed by atoms with Crippen molar-refractivity contribution in [1.29, 1.82) is 0 Å². The Kier molecular flexibility index (Phi) is 3.79. The zero-order valence-corrected chi connectivity index (χ0v) is 13.2. The van der Waals surface area contributed by atoms with Gasteiger partial charge in [-0.3, -0.25) is 9.69 Å². The first-order valence-corrected chi connectivity index (χ1v) is 8.33. The predicted molar refractivity (Wildman–Crippen MR) is 89.2 cm³/mol. The van der Waals surface area contributed by atoms with Crippen molar-refractivity contribution in [3.63, 3.8) is 0 Å². The van der Waals surface area contributed by atoms with E-state index in [1.807, 2.05) is 16.7 Å². The summed E-state index contributed by atoms with van der Waals surface area (Å²) >= 11 is 0. The zero-order chi connectivity index (χ0) is 15.8. The van der Waals surface area contributed by atoms with Gasteiger partial charge in [0.25, 0.3) is 5.56 Å². The number of piperidine rings is 1. The summed E-state index contributed by atoms with van der Waals surface area (Å²) in [5, 5.41) is 9.38. The molecule has 1 saturated heterocycles. The first kappa shape index (κ1) is 14.7. The standard InChI is InChI=1S/C19H22N2O2/c22-13-15-7-18-17-6-16(11-21(18)19(23)8-15)10-20(12-17)9-14-4-2-1-3-5-14/h1-5,7-8,16-17,22H,6,9-13H2. The lowest BCUT2D eigenvalue weighted by molar-refractivity contribution is 0.114. The summed E-state index contributed by atoms with van der Waals surface area (Å²) in [6, 6.07) is 14.2. The molecule has 1 N–H and O–H groups in total. The smallest absolute Gasteiger partial charge is 0.251 e. The van der Waals surface area contributed by atoms with Gasteiger partial charge in [0.1, 0.15) is 0 Å². The molecule has 0 amide bonds. The molecular weight excluding hydrogens is 288 g/mol. The maximum Gasteiger partial charge on any atom is 0.251 e. The van der Waals surface area contributed by atoms with E-state index in [4.69, 9.17) is 0 Å². The molecule has 2 aliphatic heterocycles. The second-order valence-electron chi connectivity index (χ2n) is 6.87. The monoisotopic (exact) mass is 310 g/mol. The molecule has 2 atom stereocenters. The Balaban J connectivity index is 1.60. The van der Waals surface area contributed by atoms with Gasteiger partial charge in [0.05, 0.1) is 6.61 Å². The maximum absolute atomic E-state index is 12.3. The van der Waals surface area contributed by atoms with Gasteiger partial charge in [-0.1, -0.05) is 30.3 Å². The molecule has 2 aliphatic rings. The lowest BCUT2D eigenvalue weighted by Gasteiger charge is -2.43. The molecule has 1 aromatic carbocycles.